The molecule has 2 N–H and O–H groups in total. The molecule has 0 aromatic heterocycles. The van der Waals surface area contributed by atoms with E-state index in [9.17, 15) is 14.9 Å². The molecule has 1 atom stereocenters. The first kappa shape index (κ1) is 20.2. The molecule has 0 aliphatic rings. The number of hydrogen-bond donors (Lipinski definition) is 2. The highest BCUT2D eigenvalue weighted by Crippen LogP contribution is 2.30. The summed E-state index contributed by atoms with van der Waals surface area (Å²) in [4.78, 5) is 23.7. The largest absolute Gasteiger partial charge is 0.493 e. The fourth-order valence-electron chi connectivity index (χ4n) is 2.81. The normalized spacial score (nSPS) is 11.6. The maximum Gasteiger partial charge on any atom is 0.279 e. The van der Waals surface area contributed by atoms with Crippen LogP contribution in [0.1, 0.15) is 11.1 Å². The fraction of sp³-hybridized carbons (Fsp3) is 0.316. The second-order valence-electron chi connectivity index (χ2n) is 6.27. The van der Waals surface area contributed by atoms with Gasteiger partial charge in [-0.2, -0.15) is 0 Å². The van der Waals surface area contributed by atoms with Crippen LogP contribution >= 0.6 is 0 Å². The van der Waals surface area contributed by atoms with E-state index in [0.29, 0.717) is 23.7 Å². The van der Waals surface area contributed by atoms with Crippen LogP contribution in [-0.2, 0) is 11.3 Å². The number of hydrogen-bond acceptors (Lipinski definition) is 5. The van der Waals surface area contributed by atoms with E-state index in [4.69, 9.17) is 9.47 Å². The first-order valence-electron chi connectivity index (χ1n) is 8.41. The topological polar surface area (TPSA) is 95.1 Å². The van der Waals surface area contributed by atoms with Crippen molar-refractivity contribution in [2.75, 3.05) is 33.1 Å². The molecular formula is C19H24N3O5+. The predicted octanol–water partition coefficient (Wildman–Crippen LogP) is 1.57. The zero-order valence-corrected chi connectivity index (χ0v) is 15.9. The summed E-state index contributed by atoms with van der Waals surface area (Å²) in [5, 5.41) is 13.7. The van der Waals surface area contributed by atoms with Crippen molar-refractivity contribution in [1.29, 1.82) is 0 Å². The third-order valence-corrected chi connectivity index (χ3v) is 4.15. The molecule has 0 saturated carbocycles. The van der Waals surface area contributed by atoms with Gasteiger partial charge < -0.3 is 19.7 Å². The van der Waals surface area contributed by atoms with Gasteiger partial charge in [-0.1, -0.05) is 12.1 Å². The van der Waals surface area contributed by atoms with Crippen molar-refractivity contribution >= 4 is 17.3 Å². The molecule has 0 fully saturated rings. The van der Waals surface area contributed by atoms with Crippen molar-refractivity contribution in [2.24, 2.45) is 0 Å². The summed E-state index contributed by atoms with van der Waals surface area (Å²) in [5.41, 5.74) is 2.08. The predicted molar refractivity (Wildman–Crippen MR) is 101 cm³/mol. The first-order chi connectivity index (χ1) is 12.8. The zero-order valence-electron chi connectivity index (χ0n) is 15.9. The molecule has 0 aliphatic carbocycles. The first-order valence-corrected chi connectivity index (χ1v) is 8.41. The number of nitrogens with zero attached hydrogens (tertiary/aromatic N) is 1. The summed E-state index contributed by atoms with van der Waals surface area (Å²) in [6.45, 7) is 2.54. The van der Waals surface area contributed by atoms with E-state index >= 15 is 0 Å². The van der Waals surface area contributed by atoms with E-state index in [1.807, 2.05) is 25.2 Å². The van der Waals surface area contributed by atoms with Crippen molar-refractivity contribution in [3.8, 4) is 11.5 Å². The van der Waals surface area contributed by atoms with Crippen LogP contribution in [0.3, 0.4) is 0 Å². The lowest BCUT2D eigenvalue weighted by atomic mass is 10.1. The molecule has 0 saturated heterocycles. The lowest BCUT2D eigenvalue weighted by Crippen LogP contribution is -3.08. The number of nitro groups is 1. The molecule has 2 rings (SSSR count). The Balaban J connectivity index is 2.05. The molecular weight excluding hydrogens is 350 g/mol. The van der Waals surface area contributed by atoms with Gasteiger partial charge in [-0.3, -0.25) is 14.9 Å². The van der Waals surface area contributed by atoms with Crippen LogP contribution in [0.4, 0.5) is 11.4 Å². The average molecular weight is 374 g/mol. The van der Waals surface area contributed by atoms with Crippen molar-refractivity contribution in [3.63, 3.8) is 0 Å². The molecule has 1 unspecified atom stereocenters. The molecule has 0 aliphatic heterocycles. The van der Waals surface area contributed by atoms with Gasteiger partial charge in [0.2, 0.25) is 0 Å². The Morgan fingerprint density at radius 2 is 1.96 bits per heavy atom. The number of anilines is 1. The average Bonchev–Trinajstić information content (AvgIpc) is 2.62. The standard InChI is InChI=1S/C19H23N3O5/c1-13-8-9-15(22(24)25)10-16(13)20-18(23)12-21(2)11-14-6-5-7-17(26-3)19(14)27-4/h5-10H,11-12H2,1-4H3,(H,20,23)/p+1. The van der Waals surface area contributed by atoms with Crippen LogP contribution in [0.5, 0.6) is 11.5 Å². The molecule has 0 radical (unpaired) electrons. The van der Waals surface area contributed by atoms with Crippen LogP contribution in [0.15, 0.2) is 36.4 Å². The van der Waals surface area contributed by atoms with Crippen LogP contribution in [0, 0.1) is 17.0 Å². The van der Waals surface area contributed by atoms with Crippen molar-refractivity contribution in [2.45, 2.75) is 13.5 Å². The number of nitrogens with one attached hydrogen (secondary N) is 2. The number of carbonyl (C=O) groups excluding carboxylic acids is 1. The Morgan fingerprint density at radius 3 is 2.59 bits per heavy atom. The van der Waals surface area contributed by atoms with Gasteiger partial charge in [0.1, 0.15) is 6.54 Å². The number of carbonyl (C=O) groups is 1. The minimum atomic E-state index is -0.485. The summed E-state index contributed by atoms with van der Waals surface area (Å²) in [6, 6.07) is 10.0. The number of rotatable bonds is 8. The highest BCUT2D eigenvalue weighted by molar-refractivity contribution is 5.92. The van der Waals surface area contributed by atoms with Gasteiger partial charge >= 0.3 is 0 Å². The minimum absolute atomic E-state index is 0.0577. The smallest absolute Gasteiger partial charge is 0.279 e. The molecule has 0 spiro atoms. The third kappa shape index (κ3) is 5.18. The molecule has 8 nitrogen and oxygen atoms in total. The Morgan fingerprint density at radius 1 is 1.22 bits per heavy atom. The van der Waals surface area contributed by atoms with Gasteiger partial charge in [-0.15, -0.1) is 0 Å². The lowest BCUT2D eigenvalue weighted by Gasteiger charge is -2.17. The number of para-hydroxylation sites is 1. The summed E-state index contributed by atoms with van der Waals surface area (Å²) in [6.07, 6.45) is 0. The molecule has 1 amide bonds. The third-order valence-electron chi connectivity index (χ3n) is 4.15. The van der Waals surface area contributed by atoms with E-state index in [2.05, 4.69) is 5.32 Å². The quantitative estimate of drug-likeness (QED) is 0.540. The van der Waals surface area contributed by atoms with Crippen LogP contribution in [0.25, 0.3) is 0 Å². The second-order valence-corrected chi connectivity index (χ2v) is 6.27. The maximum atomic E-state index is 12.4. The molecule has 0 bridgehead atoms. The summed E-state index contributed by atoms with van der Waals surface area (Å²) in [5.74, 6) is 1.06. The summed E-state index contributed by atoms with van der Waals surface area (Å²) >= 11 is 0. The van der Waals surface area contributed by atoms with Gasteiger partial charge in [0.25, 0.3) is 11.6 Å². The second kappa shape index (κ2) is 9.00. The number of aryl methyl sites for hydroxylation is 1. The SMILES string of the molecule is COc1cccc(C[NH+](C)CC(=O)Nc2cc([N+](=O)[O-])ccc2C)c1OC. The molecule has 27 heavy (non-hydrogen) atoms. The lowest BCUT2D eigenvalue weighted by molar-refractivity contribution is -0.885. The van der Waals surface area contributed by atoms with Gasteiger partial charge in [0.15, 0.2) is 18.0 Å². The van der Waals surface area contributed by atoms with Gasteiger partial charge in [-0.25, -0.2) is 0 Å². The number of methoxy groups -OCH3 is 2. The number of likely N-dealkylation sites (N-methyl/N-ethyl adjacent to an activating group) is 1. The minimum Gasteiger partial charge on any atom is -0.493 e. The number of nitro benzene ring substituents is 1. The monoisotopic (exact) mass is 374 g/mol. The van der Waals surface area contributed by atoms with Crippen LogP contribution in [-0.4, -0.2) is 38.6 Å². The molecule has 8 heteroatoms. The van der Waals surface area contributed by atoms with Gasteiger partial charge in [-0.05, 0) is 24.6 Å². The van der Waals surface area contributed by atoms with E-state index in [1.54, 1.807) is 27.2 Å². The Kier molecular flexibility index (Phi) is 6.73. The number of non-ortho nitro benzene ring substituents is 1. The van der Waals surface area contributed by atoms with E-state index in [1.165, 1.54) is 12.1 Å². The fourth-order valence-corrected chi connectivity index (χ4v) is 2.81. The maximum absolute atomic E-state index is 12.4. The summed E-state index contributed by atoms with van der Waals surface area (Å²) in [7, 11) is 5.04. The number of benzene rings is 2. The highest BCUT2D eigenvalue weighted by Gasteiger charge is 2.17. The Hall–Kier alpha value is -3.13. The Labute approximate surface area is 157 Å². The molecule has 2 aromatic carbocycles. The van der Waals surface area contributed by atoms with E-state index < -0.39 is 4.92 Å². The Bertz CT molecular complexity index is 838. The molecule has 2 aromatic rings. The van der Waals surface area contributed by atoms with Crippen LogP contribution < -0.4 is 19.7 Å². The molecule has 144 valence electrons. The number of quaternary nitrogens is 1. The van der Waals surface area contributed by atoms with Crippen molar-refractivity contribution in [3.05, 3.63) is 57.6 Å². The number of ether oxygens (including phenoxy) is 2. The zero-order chi connectivity index (χ0) is 20.0. The summed E-state index contributed by atoms with van der Waals surface area (Å²) < 4.78 is 10.7. The highest BCUT2D eigenvalue weighted by atomic mass is 16.6. The van der Waals surface area contributed by atoms with Crippen molar-refractivity contribution in [1.82, 2.24) is 0 Å². The molecule has 0 heterocycles. The van der Waals surface area contributed by atoms with Gasteiger partial charge in [0, 0.05) is 12.1 Å². The van der Waals surface area contributed by atoms with Crippen LogP contribution in [0.2, 0.25) is 0 Å². The van der Waals surface area contributed by atoms with E-state index in [-0.39, 0.29) is 18.1 Å². The van der Waals surface area contributed by atoms with Gasteiger partial charge in [0.05, 0.1) is 37.4 Å². The number of amides is 1. The van der Waals surface area contributed by atoms with Crippen molar-refractivity contribution < 1.29 is 24.1 Å². The van der Waals surface area contributed by atoms with E-state index in [0.717, 1.165) is 16.0 Å².